The zero-order chi connectivity index (χ0) is 22.4. The molecule has 3 aromatic rings. The normalized spacial score (nSPS) is 10.9. The second kappa shape index (κ2) is 9.48. The van der Waals surface area contributed by atoms with Gasteiger partial charge in [-0.15, -0.1) is 0 Å². The van der Waals surface area contributed by atoms with Crippen molar-refractivity contribution in [3.8, 4) is 11.5 Å². The molecular weight excluding hydrogens is 423 g/mol. The van der Waals surface area contributed by atoms with Crippen LogP contribution >= 0.6 is 0 Å². The summed E-state index contributed by atoms with van der Waals surface area (Å²) in [4.78, 5) is 12.4. The molecule has 0 unspecified atom stereocenters. The minimum Gasteiger partial charge on any atom is -0.497 e. The van der Waals surface area contributed by atoms with E-state index in [9.17, 15) is 17.6 Å². The molecule has 31 heavy (non-hydrogen) atoms. The van der Waals surface area contributed by atoms with Crippen LogP contribution in [0.5, 0.6) is 11.5 Å². The molecule has 162 valence electrons. The summed E-state index contributed by atoms with van der Waals surface area (Å²) < 4.78 is 52.7. The number of methoxy groups -OCH3 is 1. The summed E-state index contributed by atoms with van der Waals surface area (Å²) in [5.74, 6) is -0.673. The molecule has 1 amide bonds. The number of carbonyl (C=O) groups excluding carboxylic acids is 1. The summed E-state index contributed by atoms with van der Waals surface area (Å²) in [6.07, 6.45) is 0. The highest BCUT2D eigenvalue weighted by Gasteiger charge is 2.19. The van der Waals surface area contributed by atoms with Crippen molar-refractivity contribution in [2.45, 2.75) is 11.8 Å². The van der Waals surface area contributed by atoms with Gasteiger partial charge in [0, 0.05) is 6.07 Å². The highest BCUT2D eigenvalue weighted by atomic mass is 32.2. The Labute approximate surface area is 179 Å². The molecule has 9 heteroatoms. The van der Waals surface area contributed by atoms with E-state index in [1.165, 1.54) is 49.6 Å². The molecule has 0 radical (unpaired) electrons. The van der Waals surface area contributed by atoms with Gasteiger partial charge in [0.15, 0.2) is 0 Å². The van der Waals surface area contributed by atoms with E-state index < -0.39 is 21.7 Å². The first-order valence-corrected chi connectivity index (χ1v) is 10.8. The molecule has 0 spiro atoms. The summed E-state index contributed by atoms with van der Waals surface area (Å²) in [7, 11) is -2.51. The molecule has 2 N–H and O–H groups in total. The van der Waals surface area contributed by atoms with Crippen LogP contribution in [0.4, 0.5) is 15.8 Å². The van der Waals surface area contributed by atoms with Crippen LogP contribution in [0, 0.1) is 5.82 Å². The first-order chi connectivity index (χ1) is 14.8. The number of nitrogens with one attached hydrogen (secondary N) is 2. The summed E-state index contributed by atoms with van der Waals surface area (Å²) in [6, 6.07) is 16.0. The van der Waals surface area contributed by atoms with Gasteiger partial charge < -0.3 is 14.8 Å². The second-order valence-electron chi connectivity index (χ2n) is 6.36. The molecule has 0 aliphatic carbocycles. The van der Waals surface area contributed by atoms with Crippen LogP contribution in [0.2, 0.25) is 0 Å². The topological polar surface area (TPSA) is 93.7 Å². The fraction of sp³-hybridized carbons (Fsp3) is 0.136. The molecule has 3 rings (SSSR count). The van der Waals surface area contributed by atoms with Crippen molar-refractivity contribution < 1.29 is 27.1 Å². The zero-order valence-electron chi connectivity index (χ0n) is 16.9. The van der Waals surface area contributed by atoms with Crippen molar-refractivity contribution in [1.29, 1.82) is 0 Å². The van der Waals surface area contributed by atoms with Crippen LogP contribution in [0.25, 0.3) is 0 Å². The number of benzene rings is 3. The second-order valence-corrected chi connectivity index (χ2v) is 8.04. The van der Waals surface area contributed by atoms with Gasteiger partial charge in [0.1, 0.15) is 17.3 Å². The fourth-order valence-corrected chi connectivity index (χ4v) is 3.87. The van der Waals surface area contributed by atoms with E-state index in [1.54, 1.807) is 25.1 Å². The largest absolute Gasteiger partial charge is 0.497 e. The Kier molecular flexibility index (Phi) is 6.76. The van der Waals surface area contributed by atoms with Crippen molar-refractivity contribution in [2.75, 3.05) is 23.8 Å². The lowest BCUT2D eigenvalue weighted by Crippen LogP contribution is -2.17. The van der Waals surface area contributed by atoms with E-state index in [0.717, 1.165) is 6.07 Å². The maximum absolute atomic E-state index is 14.0. The standard InChI is InChI=1S/C22H21FN2O5S/c1-3-30-21-12-11-17(31(27,28)25-15-7-6-8-16(13-15)29-2)14-20(21)24-22(26)18-9-4-5-10-19(18)23/h4-14,25H,3H2,1-2H3,(H,24,26). The van der Waals surface area contributed by atoms with E-state index in [2.05, 4.69) is 10.0 Å². The number of ether oxygens (including phenoxy) is 2. The third-order valence-corrected chi connectivity index (χ3v) is 5.63. The van der Waals surface area contributed by atoms with Crippen molar-refractivity contribution >= 4 is 27.3 Å². The number of hydrogen-bond donors (Lipinski definition) is 2. The predicted octanol–water partition coefficient (Wildman–Crippen LogP) is 4.29. The highest BCUT2D eigenvalue weighted by Crippen LogP contribution is 2.30. The summed E-state index contributed by atoms with van der Waals surface area (Å²) in [5.41, 5.74) is 0.238. The van der Waals surface area contributed by atoms with E-state index in [0.29, 0.717) is 11.4 Å². The molecule has 0 atom stereocenters. The van der Waals surface area contributed by atoms with Gasteiger partial charge in [-0.1, -0.05) is 18.2 Å². The summed E-state index contributed by atoms with van der Waals surface area (Å²) >= 11 is 0. The average molecular weight is 444 g/mol. The number of carbonyl (C=O) groups is 1. The van der Waals surface area contributed by atoms with Gasteiger partial charge in [-0.3, -0.25) is 9.52 Å². The van der Waals surface area contributed by atoms with E-state index >= 15 is 0 Å². The number of amides is 1. The van der Waals surface area contributed by atoms with Crippen molar-refractivity contribution in [3.63, 3.8) is 0 Å². The molecule has 7 nitrogen and oxygen atoms in total. The molecule has 0 aromatic heterocycles. The van der Waals surface area contributed by atoms with Gasteiger partial charge in [-0.25, -0.2) is 12.8 Å². The molecular formula is C22H21FN2O5S. The summed E-state index contributed by atoms with van der Waals surface area (Å²) in [5, 5.41) is 2.53. The lowest BCUT2D eigenvalue weighted by molar-refractivity contribution is 0.102. The molecule has 0 saturated heterocycles. The number of hydrogen-bond acceptors (Lipinski definition) is 5. The maximum atomic E-state index is 14.0. The Bertz CT molecular complexity index is 1200. The Morgan fingerprint density at radius 3 is 2.52 bits per heavy atom. The van der Waals surface area contributed by atoms with Crippen molar-refractivity contribution in [3.05, 3.63) is 78.1 Å². The first kappa shape index (κ1) is 22.1. The highest BCUT2D eigenvalue weighted by molar-refractivity contribution is 7.92. The SMILES string of the molecule is CCOc1ccc(S(=O)(=O)Nc2cccc(OC)c2)cc1NC(=O)c1ccccc1F. The predicted molar refractivity (Wildman–Crippen MR) is 116 cm³/mol. The van der Waals surface area contributed by atoms with Crippen LogP contribution < -0.4 is 19.5 Å². The van der Waals surface area contributed by atoms with E-state index in [-0.39, 0.29) is 28.5 Å². The third kappa shape index (κ3) is 5.32. The Morgan fingerprint density at radius 2 is 1.81 bits per heavy atom. The zero-order valence-corrected chi connectivity index (χ0v) is 17.7. The maximum Gasteiger partial charge on any atom is 0.261 e. The lowest BCUT2D eigenvalue weighted by Gasteiger charge is -2.15. The molecule has 0 fully saturated rings. The van der Waals surface area contributed by atoms with Crippen LogP contribution in [0.3, 0.4) is 0 Å². The number of rotatable bonds is 8. The Balaban J connectivity index is 1.93. The fourth-order valence-electron chi connectivity index (χ4n) is 2.79. The Morgan fingerprint density at radius 1 is 1.03 bits per heavy atom. The van der Waals surface area contributed by atoms with E-state index in [1.807, 2.05) is 0 Å². The smallest absolute Gasteiger partial charge is 0.261 e. The molecule has 0 saturated carbocycles. The quantitative estimate of drug-likeness (QED) is 0.541. The lowest BCUT2D eigenvalue weighted by atomic mass is 10.2. The number of halogens is 1. The molecule has 0 bridgehead atoms. The van der Waals surface area contributed by atoms with Crippen LogP contribution in [-0.2, 0) is 10.0 Å². The molecule has 3 aromatic carbocycles. The van der Waals surface area contributed by atoms with Gasteiger partial charge in [-0.2, -0.15) is 0 Å². The molecule has 0 aliphatic heterocycles. The third-order valence-electron chi connectivity index (χ3n) is 4.25. The minimum absolute atomic E-state index is 0.101. The molecule has 0 aliphatic rings. The van der Waals surface area contributed by atoms with Crippen LogP contribution in [0.15, 0.2) is 71.6 Å². The Hall–Kier alpha value is -3.59. The molecule has 0 heterocycles. The van der Waals surface area contributed by atoms with Gasteiger partial charge >= 0.3 is 0 Å². The minimum atomic E-state index is -3.99. The monoisotopic (exact) mass is 444 g/mol. The van der Waals surface area contributed by atoms with Crippen molar-refractivity contribution in [1.82, 2.24) is 0 Å². The average Bonchev–Trinajstić information content (AvgIpc) is 2.75. The van der Waals surface area contributed by atoms with Gasteiger partial charge in [0.2, 0.25) is 0 Å². The van der Waals surface area contributed by atoms with Gasteiger partial charge in [0.05, 0.1) is 35.6 Å². The number of anilines is 2. The van der Waals surface area contributed by atoms with Crippen LogP contribution in [-0.4, -0.2) is 28.0 Å². The van der Waals surface area contributed by atoms with E-state index in [4.69, 9.17) is 9.47 Å². The van der Waals surface area contributed by atoms with Crippen LogP contribution in [0.1, 0.15) is 17.3 Å². The first-order valence-electron chi connectivity index (χ1n) is 9.33. The number of sulfonamides is 1. The van der Waals surface area contributed by atoms with Gasteiger partial charge in [-0.05, 0) is 49.4 Å². The van der Waals surface area contributed by atoms with Crippen molar-refractivity contribution in [2.24, 2.45) is 0 Å². The summed E-state index contributed by atoms with van der Waals surface area (Å²) in [6.45, 7) is 2.04. The van der Waals surface area contributed by atoms with Gasteiger partial charge in [0.25, 0.3) is 15.9 Å².